The lowest BCUT2D eigenvalue weighted by atomic mass is 9.98. The number of carbonyl (C=O) groups is 1. The quantitative estimate of drug-likeness (QED) is 0.815. The number of hydrogen-bond acceptors (Lipinski definition) is 4. The standard InChI is InChI=1S/C24H31FN4O2/c1-16-17(2)23(30)27-26-22(16)15-18-6-7-21(25)20(14-18)24(31)29-12-8-19(9-13-29)28-10-4-3-5-11-28/h6-7,14,19H,3-5,8-13,15H2,1-2H3,(H,27,30). The van der Waals surface area contributed by atoms with Crippen LogP contribution in [0.1, 0.15) is 64.8 Å². The zero-order valence-corrected chi connectivity index (χ0v) is 18.4. The topological polar surface area (TPSA) is 69.3 Å². The minimum atomic E-state index is -0.491. The number of nitrogens with zero attached hydrogens (tertiary/aromatic N) is 3. The summed E-state index contributed by atoms with van der Waals surface area (Å²) in [5.41, 5.74) is 2.89. The van der Waals surface area contributed by atoms with Crippen molar-refractivity contribution in [2.75, 3.05) is 26.2 Å². The number of halogens is 1. The first-order valence-electron chi connectivity index (χ1n) is 11.3. The van der Waals surface area contributed by atoms with Crippen LogP contribution in [0, 0.1) is 19.7 Å². The highest BCUT2D eigenvalue weighted by atomic mass is 19.1. The van der Waals surface area contributed by atoms with Crippen LogP contribution in [-0.2, 0) is 6.42 Å². The van der Waals surface area contributed by atoms with Crippen LogP contribution in [0.2, 0.25) is 0 Å². The molecule has 0 saturated carbocycles. The Hall–Kier alpha value is -2.54. The number of amides is 1. The Morgan fingerprint density at radius 2 is 1.81 bits per heavy atom. The van der Waals surface area contributed by atoms with Gasteiger partial charge in [0.2, 0.25) is 0 Å². The first-order chi connectivity index (χ1) is 14.9. The van der Waals surface area contributed by atoms with Gasteiger partial charge in [-0.05, 0) is 75.9 Å². The number of aromatic nitrogens is 2. The predicted molar refractivity (Wildman–Crippen MR) is 118 cm³/mol. The molecule has 0 aliphatic carbocycles. The molecule has 0 radical (unpaired) electrons. The van der Waals surface area contributed by atoms with Gasteiger partial charge in [-0.25, -0.2) is 9.49 Å². The lowest BCUT2D eigenvalue weighted by molar-refractivity contribution is 0.0586. The van der Waals surface area contributed by atoms with Gasteiger partial charge in [0.1, 0.15) is 5.82 Å². The molecular weight excluding hydrogens is 395 g/mol. The number of H-pyrrole nitrogens is 1. The molecule has 4 rings (SSSR count). The molecule has 7 heteroatoms. The molecule has 31 heavy (non-hydrogen) atoms. The van der Waals surface area contributed by atoms with Crippen molar-refractivity contribution >= 4 is 5.91 Å². The van der Waals surface area contributed by atoms with Gasteiger partial charge in [-0.2, -0.15) is 5.10 Å². The summed E-state index contributed by atoms with van der Waals surface area (Å²) in [6, 6.07) is 5.21. The van der Waals surface area contributed by atoms with E-state index in [2.05, 4.69) is 15.1 Å². The van der Waals surface area contributed by atoms with Gasteiger partial charge in [-0.1, -0.05) is 12.5 Å². The smallest absolute Gasteiger partial charge is 0.267 e. The van der Waals surface area contributed by atoms with Crippen molar-refractivity contribution in [1.82, 2.24) is 20.0 Å². The van der Waals surface area contributed by atoms with Gasteiger partial charge in [0, 0.05) is 31.1 Å². The maximum Gasteiger partial charge on any atom is 0.267 e. The highest BCUT2D eigenvalue weighted by Gasteiger charge is 2.29. The fourth-order valence-corrected chi connectivity index (χ4v) is 4.77. The average Bonchev–Trinajstić information content (AvgIpc) is 2.81. The third kappa shape index (κ3) is 4.71. The Morgan fingerprint density at radius 1 is 1.10 bits per heavy atom. The van der Waals surface area contributed by atoms with Gasteiger partial charge in [0.05, 0.1) is 11.3 Å². The van der Waals surface area contributed by atoms with Gasteiger partial charge >= 0.3 is 0 Å². The summed E-state index contributed by atoms with van der Waals surface area (Å²) in [7, 11) is 0. The van der Waals surface area contributed by atoms with Crippen LogP contribution < -0.4 is 5.56 Å². The van der Waals surface area contributed by atoms with Crippen molar-refractivity contribution < 1.29 is 9.18 Å². The first-order valence-corrected chi connectivity index (χ1v) is 11.3. The Balaban J connectivity index is 1.45. The average molecular weight is 427 g/mol. The molecule has 2 aliphatic heterocycles. The summed E-state index contributed by atoms with van der Waals surface area (Å²) in [5.74, 6) is -0.729. The van der Waals surface area contributed by atoms with E-state index in [-0.39, 0.29) is 17.0 Å². The van der Waals surface area contributed by atoms with Crippen molar-refractivity contribution in [3.63, 3.8) is 0 Å². The van der Waals surface area contributed by atoms with E-state index in [1.165, 1.54) is 25.3 Å². The molecule has 1 amide bonds. The van der Waals surface area contributed by atoms with Crippen molar-refractivity contribution in [3.8, 4) is 0 Å². The minimum absolute atomic E-state index is 0.118. The second-order valence-corrected chi connectivity index (χ2v) is 8.86. The molecule has 166 valence electrons. The summed E-state index contributed by atoms with van der Waals surface area (Å²) in [6.07, 6.45) is 6.18. The molecule has 0 spiro atoms. The Morgan fingerprint density at radius 3 is 2.52 bits per heavy atom. The lowest BCUT2D eigenvalue weighted by Crippen LogP contribution is -2.48. The molecule has 2 aliphatic rings. The second-order valence-electron chi connectivity index (χ2n) is 8.86. The maximum absolute atomic E-state index is 14.6. The van der Waals surface area contributed by atoms with Gasteiger partial charge in [0.15, 0.2) is 0 Å². The van der Waals surface area contributed by atoms with Gasteiger partial charge in [0.25, 0.3) is 11.5 Å². The highest BCUT2D eigenvalue weighted by molar-refractivity contribution is 5.94. The van der Waals surface area contributed by atoms with Crippen LogP contribution in [0.4, 0.5) is 4.39 Å². The molecule has 3 heterocycles. The Labute approximate surface area is 182 Å². The Kier molecular flexibility index (Phi) is 6.51. The molecule has 1 aromatic heterocycles. The van der Waals surface area contributed by atoms with Crippen LogP contribution in [0.15, 0.2) is 23.0 Å². The van der Waals surface area contributed by atoms with Crippen LogP contribution in [0.5, 0.6) is 0 Å². The number of hydrogen-bond donors (Lipinski definition) is 1. The Bertz CT molecular complexity index is 1010. The van der Waals surface area contributed by atoms with Crippen molar-refractivity contribution in [2.24, 2.45) is 0 Å². The van der Waals surface area contributed by atoms with Crippen LogP contribution in [0.3, 0.4) is 0 Å². The number of carbonyl (C=O) groups excluding carboxylic acids is 1. The van der Waals surface area contributed by atoms with E-state index < -0.39 is 5.82 Å². The lowest BCUT2D eigenvalue weighted by Gasteiger charge is -2.40. The molecule has 0 atom stereocenters. The summed E-state index contributed by atoms with van der Waals surface area (Å²) in [6.45, 7) is 7.27. The molecule has 0 bridgehead atoms. The molecule has 1 N–H and O–H groups in total. The molecule has 0 unspecified atom stereocenters. The largest absolute Gasteiger partial charge is 0.338 e. The van der Waals surface area contributed by atoms with E-state index in [0.29, 0.717) is 31.1 Å². The van der Waals surface area contributed by atoms with E-state index in [1.807, 2.05) is 6.92 Å². The number of aromatic amines is 1. The van der Waals surface area contributed by atoms with E-state index in [1.54, 1.807) is 24.0 Å². The number of rotatable bonds is 4. The molecule has 1 aromatic carbocycles. The molecule has 6 nitrogen and oxygen atoms in total. The van der Waals surface area contributed by atoms with Gasteiger partial charge in [-0.3, -0.25) is 9.59 Å². The van der Waals surface area contributed by atoms with Crippen molar-refractivity contribution in [3.05, 3.63) is 62.3 Å². The van der Waals surface area contributed by atoms with E-state index in [4.69, 9.17) is 0 Å². The summed E-state index contributed by atoms with van der Waals surface area (Å²) in [5, 5.41) is 6.64. The monoisotopic (exact) mass is 426 g/mol. The van der Waals surface area contributed by atoms with E-state index in [0.717, 1.165) is 42.8 Å². The molecule has 2 saturated heterocycles. The third-order valence-electron chi connectivity index (χ3n) is 6.92. The van der Waals surface area contributed by atoms with Crippen molar-refractivity contribution in [1.29, 1.82) is 0 Å². The van der Waals surface area contributed by atoms with Crippen LogP contribution in [-0.4, -0.2) is 58.1 Å². The molecule has 2 aromatic rings. The van der Waals surface area contributed by atoms with E-state index >= 15 is 0 Å². The van der Waals surface area contributed by atoms with Crippen molar-refractivity contribution in [2.45, 2.75) is 58.4 Å². The highest BCUT2D eigenvalue weighted by Crippen LogP contribution is 2.23. The van der Waals surface area contributed by atoms with E-state index in [9.17, 15) is 14.0 Å². The second kappa shape index (κ2) is 9.30. The third-order valence-corrected chi connectivity index (χ3v) is 6.92. The van der Waals surface area contributed by atoms with Gasteiger partial charge < -0.3 is 9.80 Å². The summed E-state index contributed by atoms with van der Waals surface area (Å²) >= 11 is 0. The normalized spacial score (nSPS) is 18.4. The van der Waals surface area contributed by atoms with Crippen LogP contribution in [0.25, 0.3) is 0 Å². The summed E-state index contributed by atoms with van der Waals surface area (Å²) < 4.78 is 14.6. The van der Waals surface area contributed by atoms with Gasteiger partial charge in [-0.15, -0.1) is 0 Å². The zero-order valence-electron chi connectivity index (χ0n) is 18.4. The molecule has 2 fully saturated rings. The summed E-state index contributed by atoms with van der Waals surface area (Å²) in [4.78, 5) is 29.1. The predicted octanol–water partition coefficient (Wildman–Crippen LogP) is 3.21. The minimum Gasteiger partial charge on any atom is -0.338 e. The van der Waals surface area contributed by atoms with Crippen LogP contribution >= 0.6 is 0 Å². The zero-order chi connectivity index (χ0) is 22.0. The number of likely N-dealkylation sites (tertiary alicyclic amines) is 2. The number of piperidine rings is 2. The fourth-order valence-electron chi connectivity index (χ4n) is 4.77. The molecular formula is C24H31FN4O2. The maximum atomic E-state index is 14.6. The fraction of sp³-hybridized carbons (Fsp3) is 0.542. The first kappa shape index (κ1) is 21.7. The number of benzene rings is 1. The number of nitrogens with one attached hydrogen (secondary N) is 1. The SMILES string of the molecule is Cc1c(Cc2ccc(F)c(C(=O)N3CCC(N4CCCCC4)CC3)c2)n[nH]c(=O)c1C.